The van der Waals surface area contributed by atoms with Gasteiger partial charge in [0.2, 0.25) is 15.9 Å². The zero-order valence-corrected chi connectivity index (χ0v) is 17.8. The number of amides is 1. The molecule has 1 amide bonds. The highest BCUT2D eigenvalue weighted by Crippen LogP contribution is 2.26. The van der Waals surface area contributed by atoms with E-state index in [2.05, 4.69) is 5.32 Å². The van der Waals surface area contributed by atoms with Crippen molar-refractivity contribution in [1.29, 1.82) is 0 Å². The number of carbonyl (C=O) groups is 2. The molecule has 1 N–H and O–H groups in total. The van der Waals surface area contributed by atoms with E-state index < -0.39 is 10.0 Å². The third kappa shape index (κ3) is 4.74. The van der Waals surface area contributed by atoms with Gasteiger partial charge in [0.05, 0.1) is 4.90 Å². The molecule has 154 valence electrons. The van der Waals surface area contributed by atoms with Crippen LogP contribution in [-0.2, 0) is 14.8 Å². The number of nitrogens with one attached hydrogen (secondary N) is 1. The highest BCUT2D eigenvalue weighted by Gasteiger charge is 2.32. The molecule has 0 aromatic heterocycles. The number of sulfonamides is 1. The van der Waals surface area contributed by atoms with Crippen LogP contribution in [0.1, 0.15) is 41.3 Å². The Balaban J connectivity index is 1.66. The van der Waals surface area contributed by atoms with E-state index in [1.807, 2.05) is 32.0 Å². The Kier molecular flexibility index (Phi) is 6.19. The maximum atomic E-state index is 12.9. The van der Waals surface area contributed by atoms with E-state index in [-0.39, 0.29) is 35.6 Å². The monoisotopic (exact) mass is 414 g/mol. The summed E-state index contributed by atoms with van der Waals surface area (Å²) in [6.07, 6.45) is 0.921. The van der Waals surface area contributed by atoms with Crippen LogP contribution in [0.3, 0.4) is 0 Å². The molecular formula is C22H26N2O4S. The first-order chi connectivity index (χ1) is 13.7. The molecule has 0 aliphatic carbocycles. The number of nitrogens with zero attached hydrogens (tertiary/aromatic N) is 1. The van der Waals surface area contributed by atoms with Crippen LogP contribution in [-0.4, -0.2) is 37.5 Å². The van der Waals surface area contributed by atoms with Gasteiger partial charge in [-0.2, -0.15) is 4.31 Å². The Morgan fingerprint density at radius 1 is 1.03 bits per heavy atom. The van der Waals surface area contributed by atoms with Gasteiger partial charge in [-0.3, -0.25) is 9.59 Å². The fourth-order valence-corrected chi connectivity index (χ4v) is 5.00. The van der Waals surface area contributed by atoms with Crippen LogP contribution in [0.4, 0.5) is 5.69 Å². The SMILES string of the molecule is CC(=O)c1cccc(S(=O)(=O)N2CCC(C(=O)Nc3cc(C)ccc3C)CC2)c1. The molecule has 0 bridgehead atoms. The molecule has 1 aliphatic rings. The fourth-order valence-electron chi connectivity index (χ4n) is 3.49. The molecule has 1 fully saturated rings. The van der Waals surface area contributed by atoms with Crippen molar-refractivity contribution in [3.63, 3.8) is 0 Å². The van der Waals surface area contributed by atoms with Gasteiger partial charge < -0.3 is 5.32 Å². The van der Waals surface area contributed by atoms with Crippen molar-refractivity contribution in [3.8, 4) is 0 Å². The highest BCUT2D eigenvalue weighted by molar-refractivity contribution is 7.89. The molecule has 2 aromatic carbocycles. The standard InChI is InChI=1S/C22H26N2O4S/c1-15-7-8-16(2)21(13-15)23-22(26)18-9-11-24(12-10-18)29(27,28)20-6-4-5-19(14-20)17(3)25/h4-8,13-14,18H,9-12H2,1-3H3,(H,23,26). The third-order valence-corrected chi connectivity index (χ3v) is 7.25. The zero-order valence-electron chi connectivity index (χ0n) is 16.9. The Bertz CT molecular complexity index is 1040. The number of piperidine rings is 1. The van der Waals surface area contributed by atoms with Gasteiger partial charge in [-0.25, -0.2) is 8.42 Å². The largest absolute Gasteiger partial charge is 0.326 e. The van der Waals surface area contributed by atoms with Gasteiger partial charge >= 0.3 is 0 Å². The van der Waals surface area contributed by atoms with Gasteiger partial charge in [-0.05, 0) is 62.9 Å². The first-order valence-electron chi connectivity index (χ1n) is 9.68. The summed E-state index contributed by atoms with van der Waals surface area (Å²) >= 11 is 0. The molecule has 0 atom stereocenters. The van der Waals surface area contributed by atoms with Crippen LogP contribution in [0.5, 0.6) is 0 Å². The van der Waals surface area contributed by atoms with Gasteiger partial charge in [0, 0.05) is 30.3 Å². The van der Waals surface area contributed by atoms with Crippen molar-refractivity contribution in [2.75, 3.05) is 18.4 Å². The first kappa shape index (κ1) is 21.2. The number of anilines is 1. The number of Topliss-reactive ketones (excluding diaryl/α,β-unsaturated/α-hetero) is 1. The minimum absolute atomic E-state index is 0.0747. The Hall–Kier alpha value is -2.51. The molecule has 6 nitrogen and oxygen atoms in total. The molecular weight excluding hydrogens is 388 g/mol. The number of ketones is 1. The summed E-state index contributed by atoms with van der Waals surface area (Å²) in [6, 6.07) is 12.0. The lowest BCUT2D eigenvalue weighted by atomic mass is 9.97. The summed E-state index contributed by atoms with van der Waals surface area (Å²) in [5.74, 6) is -0.483. The summed E-state index contributed by atoms with van der Waals surface area (Å²) in [6.45, 7) is 5.87. The molecule has 3 rings (SSSR count). The summed E-state index contributed by atoms with van der Waals surface area (Å²) in [4.78, 5) is 24.3. The van der Waals surface area contributed by atoms with Crippen LogP contribution >= 0.6 is 0 Å². The smallest absolute Gasteiger partial charge is 0.243 e. The Morgan fingerprint density at radius 3 is 2.38 bits per heavy atom. The molecule has 29 heavy (non-hydrogen) atoms. The number of benzene rings is 2. The van der Waals surface area contributed by atoms with E-state index in [0.717, 1.165) is 16.8 Å². The van der Waals surface area contributed by atoms with Crippen molar-refractivity contribution in [1.82, 2.24) is 4.31 Å². The fraction of sp³-hybridized carbons (Fsp3) is 0.364. The minimum atomic E-state index is -3.69. The predicted octanol–water partition coefficient (Wildman–Crippen LogP) is 3.55. The Labute approximate surface area is 172 Å². The van der Waals surface area contributed by atoms with Crippen molar-refractivity contribution in [2.45, 2.75) is 38.5 Å². The zero-order chi connectivity index (χ0) is 21.2. The van der Waals surface area contributed by atoms with Gasteiger partial charge in [0.15, 0.2) is 5.78 Å². The van der Waals surface area contributed by atoms with E-state index in [0.29, 0.717) is 18.4 Å². The van der Waals surface area contributed by atoms with Crippen molar-refractivity contribution in [3.05, 3.63) is 59.2 Å². The topological polar surface area (TPSA) is 83.6 Å². The normalized spacial score (nSPS) is 15.8. The average molecular weight is 415 g/mol. The average Bonchev–Trinajstić information content (AvgIpc) is 2.71. The number of hydrogen-bond donors (Lipinski definition) is 1. The third-order valence-electron chi connectivity index (χ3n) is 5.35. The van der Waals surface area contributed by atoms with E-state index in [9.17, 15) is 18.0 Å². The Morgan fingerprint density at radius 2 is 1.72 bits per heavy atom. The number of aryl methyl sites for hydroxylation is 2. The molecule has 1 heterocycles. The maximum Gasteiger partial charge on any atom is 0.243 e. The number of hydrogen-bond acceptors (Lipinski definition) is 4. The predicted molar refractivity (Wildman–Crippen MR) is 112 cm³/mol. The number of carbonyl (C=O) groups excluding carboxylic acids is 2. The number of rotatable bonds is 5. The maximum absolute atomic E-state index is 12.9. The van der Waals surface area contributed by atoms with Crippen molar-refractivity contribution >= 4 is 27.4 Å². The lowest BCUT2D eigenvalue weighted by molar-refractivity contribution is -0.120. The van der Waals surface area contributed by atoms with E-state index in [4.69, 9.17) is 0 Å². The quantitative estimate of drug-likeness (QED) is 0.759. The van der Waals surface area contributed by atoms with Gasteiger partial charge in [0.1, 0.15) is 0 Å². The van der Waals surface area contributed by atoms with Gasteiger partial charge in [0.25, 0.3) is 0 Å². The van der Waals surface area contributed by atoms with Crippen LogP contribution in [0.2, 0.25) is 0 Å². The van der Waals surface area contributed by atoms with Crippen LogP contribution in [0.15, 0.2) is 47.4 Å². The lowest BCUT2D eigenvalue weighted by Gasteiger charge is -2.30. The molecule has 1 aliphatic heterocycles. The second kappa shape index (κ2) is 8.47. The summed E-state index contributed by atoms with van der Waals surface area (Å²) in [5.41, 5.74) is 3.23. The van der Waals surface area contributed by atoms with Gasteiger partial charge in [-0.1, -0.05) is 24.3 Å². The molecule has 0 saturated carbocycles. The van der Waals surface area contributed by atoms with Gasteiger partial charge in [-0.15, -0.1) is 0 Å². The summed E-state index contributed by atoms with van der Waals surface area (Å²) < 4.78 is 27.2. The first-order valence-corrected chi connectivity index (χ1v) is 11.1. The molecule has 0 spiro atoms. The second-order valence-corrected chi connectivity index (χ2v) is 9.51. The van der Waals surface area contributed by atoms with Crippen LogP contribution in [0.25, 0.3) is 0 Å². The summed E-state index contributed by atoms with van der Waals surface area (Å²) in [7, 11) is -3.69. The van der Waals surface area contributed by atoms with E-state index >= 15 is 0 Å². The molecule has 2 aromatic rings. The molecule has 1 saturated heterocycles. The van der Waals surface area contributed by atoms with E-state index in [1.54, 1.807) is 12.1 Å². The minimum Gasteiger partial charge on any atom is -0.326 e. The summed E-state index contributed by atoms with van der Waals surface area (Å²) in [5, 5.41) is 2.98. The molecule has 7 heteroatoms. The van der Waals surface area contributed by atoms with Crippen molar-refractivity contribution in [2.24, 2.45) is 5.92 Å². The van der Waals surface area contributed by atoms with Crippen LogP contribution in [0, 0.1) is 19.8 Å². The highest BCUT2D eigenvalue weighted by atomic mass is 32.2. The molecule has 0 unspecified atom stereocenters. The molecule has 0 radical (unpaired) electrons. The van der Waals surface area contributed by atoms with Crippen LogP contribution < -0.4 is 5.32 Å². The second-order valence-electron chi connectivity index (χ2n) is 7.57. The van der Waals surface area contributed by atoms with E-state index in [1.165, 1.54) is 23.4 Å². The lowest BCUT2D eigenvalue weighted by Crippen LogP contribution is -2.41. The van der Waals surface area contributed by atoms with Crippen molar-refractivity contribution < 1.29 is 18.0 Å².